The van der Waals surface area contributed by atoms with Crippen molar-refractivity contribution in [3.63, 3.8) is 0 Å². The minimum atomic E-state index is -0.968. The average molecular weight is 366 g/mol. The lowest BCUT2D eigenvalue weighted by Crippen LogP contribution is -2.30. The first-order valence-electron chi connectivity index (χ1n) is 8.64. The van der Waals surface area contributed by atoms with Crippen molar-refractivity contribution >= 4 is 17.6 Å². The number of ether oxygens (including phenoxy) is 2. The molecule has 1 N–H and O–H groups in total. The molecular weight excluding hydrogens is 344 g/mol. The molecule has 0 heterocycles. The number of amides is 1. The van der Waals surface area contributed by atoms with E-state index in [0.29, 0.717) is 35.1 Å². The highest BCUT2D eigenvalue weighted by molar-refractivity contribution is 5.97. The van der Waals surface area contributed by atoms with Crippen LogP contribution in [0.2, 0.25) is 0 Å². The molecule has 27 heavy (non-hydrogen) atoms. The summed E-state index contributed by atoms with van der Waals surface area (Å²) in [4.78, 5) is 24.4. The van der Waals surface area contributed by atoms with Gasteiger partial charge in [-0.05, 0) is 61.4 Å². The molecule has 0 spiro atoms. The number of esters is 1. The Hall–Kier alpha value is -3.33. The lowest BCUT2D eigenvalue weighted by Gasteiger charge is -2.14. The fraction of sp³-hybridized carbons (Fsp3) is 0.286. The summed E-state index contributed by atoms with van der Waals surface area (Å²) in [5, 5.41) is 11.4. The number of nitrogens with zero attached hydrogens (tertiary/aromatic N) is 1. The summed E-state index contributed by atoms with van der Waals surface area (Å²) in [5.74, 6) is 0.0369. The maximum absolute atomic E-state index is 12.2. The van der Waals surface area contributed by atoms with Gasteiger partial charge in [0.1, 0.15) is 5.75 Å². The first-order valence-corrected chi connectivity index (χ1v) is 8.64. The highest BCUT2D eigenvalue weighted by Gasteiger charge is 2.19. The molecular formula is C21H22N2O4. The zero-order valence-electron chi connectivity index (χ0n) is 15.6. The van der Waals surface area contributed by atoms with Gasteiger partial charge in [-0.25, -0.2) is 4.79 Å². The second-order valence-corrected chi connectivity index (χ2v) is 6.46. The van der Waals surface area contributed by atoms with Gasteiger partial charge in [-0.1, -0.05) is 13.8 Å². The van der Waals surface area contributed by atoms with Crippen LogP contribution >= 0.6 is 0 Å². The van der Waals surface area contributed by atoms with Crippen molar-refractivity contribution in [2.45, 2.75) is 26.9 Å². The van der Waals surface area contributed by atoms with E-state index in [-0.39, 0.29) is 0 Å². The molecule has 0 saturated carbocycles. The Labute approximate surface area is 158 Å². The zero-order chi connectivity index (χ0) is 19.8. The van der Waals surface area contributed by atoms with Gasteiger partial charge in [0.2, 0.25) is 0 Å². The van der Waals surface area contributed by atoms with Gasteiger partial charge in [0, 0.05) is 5.69 Å². The van der Waals surface area contributed by atoms with E-state index in [4.69, 9.17) is 14.7 Å². The van der Waals surface area contributed by atoms with Crippen LogP contribution in [0.25, 0.3) is 0 Å². The molecule has 0 aromatic heterocycles. The topological polar surface area (TPSA) is 88.4 Å². The number of nitrogens with one attached hydrogen (secondary N) is 1. The molecule has 0 unspecified atom stereocenters. The number of hydrogen-bond acceptors (Lipinski definition) is 5. The van der Waals surface area contributed by atoms with Crippen molar-refractivity contribution in [2.24, 2.45) is 5.92 Å². The van der Waals surface area contributed by atoms with Crippen LogP contribution in [0.5, 0.6) is 5.75 Å². The summed E-state index contributed by atoms with van der Waals surface area (Å²) < 4.78 is 10.8. The molecule has 0 fully saturated rings. The maximum Gasteiger partial charge on any atom is 0.338 e. The van der Waals surface area contributed by atoms with Gasteiger partial charge in [-0.3, -0.25) is 4.79 Å². The molecule has 6 nitrogen and oxygen atoms in total. The van der Waals surface area contributed by atoms with Crippen molar-refractivity contribution in [3.05, 3.63) is 59.7 Å². The van der Waals surface area contributed by atoms with Gasteiger partial charge < -0.3 is 14.8 Å². The molecule has 0 aliphatic carbocycles. The Balaban J connectivity index is 1.89. The van der Waals surface area contributed by atoms with Gasteiger partial charge >= 0.3 is 5.97 Å². The predicted octanol–water partition coefficient (Wildman–Crippen LogP) is 3.78. The van der Waals surface area contributed by atoms with Crippen molar-refractivity contribution in [2.75, 3.05) is 11.9 Å². The summed E-state index contributed by atoms with van der Waals surface area (Å²) >= 11 is 0. The Morgan fingerprint density at radius 3 is 2.22 bits per heavy atom. The van der Waals surface area contributed by atoms with E-state index in [1.54, 1.807) is 48.5 Å². The number of benzene rings is 2. The number of rotatable bonds is 7. The molecule has 2 aromatic carbocycles. The van der Waals surface area contributed by atoms with E-state index >= 15 is 0 Å². The van der Waals surface area contributed by atoms with E-state index < -0.39 is 18.0 Å². The Morgan fingerprint density at radius 2 is 1.67 bits per heavy atom. The van der Waals surface area contributed by atoms with Gasteiger partial charge in [0.05, 0.1) is 23.8 Å². The maximum atomic E-state index is 12.2. The summed E-state index contributed by atoms with van der Waals surface area (Å²) in [6.07, 6.45) is -0.968. The fourth-order valence-electron chi connectivity index (χ4n) is 2.10. The third-order valence-electron chi connectivity index (χ3n) is 3.61. The van der Waals surface area contributed by atoms with Crippen LogP contribution in [-0.4, -0.2) is 24.6 Å². The first-order chi connectivity index (χ1) is 12.9. The number of hydrogen-bond donors (Lipinski definition) is 1. The summed E-state index contributed by atoms with van der Waals surface area (Å²) in [5.41, 5.74) is 1.35. The van der Waals surface area contributed by atoms with Gasteiger partial charge in [-0.2, -0.15) is 5.26 Å². The van der Waals surface area contributed by atoms with E-state index in [1.165, 1.54) is 6.92 Å². The second-order valence-electron chi connectivity index (χ2n) is 6.46. The summed E-state index contributed by atoms with van der Waals surface area (Å²) in [7, 11) is 0. The van der Waals surface area contributed by atoms with Gasteiger partial charge in [0.15, 0.2) is 6.10 Å². The Bertz CT molecular complexity index is 821. The molecule has 2 aromatic rings. The highest BCUT2D eigenvalue weighted by Crippen LogP contribution is 2.15. The van der Waals surface area contributed by atoms with Crippen LogP contribution in [0.4, 0.5) is 5.69 Å². The monoisotopic (exact) mass is 366 g/mol. The third-order valence-corrected chi connectivity index (χ3v) is 3.61. The van der Waals surface area contributed by atoms with Crippen LogP contribution in [0.1, 0.15) is 36.7 Å². The van der Waals surface area contributed by atoms with E-state index in [9.17, 15) is 9.59 Å². The predicted molar refractivity (Wildman–Crippen MR) is 101 cm³/mol. The lowest BCUT2D eigenvalue weighted by molar-refractivity contribution is -0.123. The Morgan fingerprint density at radius 1 is 1.04 bits per heavy atom. The summed E-state index contributed by atoms with van der Waals surface area (Å²) in [6, 6.07) is 15.0. The largest absolute Gasteiger partial charge is 0.493 e. The quantitative estimate of drug-likeness (QED) is 0.754. The molecule has 0 saturated heterocycles. The van der Waals surface area contributed by atoms with Crippen molar-refractivity contribution in [1.82, 2.24) is 0 Å². The van der Waals surface area contributed by atoms with Crippen molar-refractivity contribution in [1.29, 1.82) is 5.26 Å². The number of carbonyl (C=O) groups is 2. The normalized spacial score (nSPS) is 11.4. The molecule has 1 amide bonds. The fourth-order valence-corrected chi connectivity index (χ4v) is 2.10. The minimum absolute atomic E-state index is 0.338. The molecule has 2 rings (SSSR count). The van der Waals surface area contributed by atoms with Crippen molar-refractivity contribution in [3.8, 4) is 11.8 Å². The highest BCUT2D eigenvalue weighted by atomic mass is 16.5. The van der Waals surface area contributed by atoms with E-state index in [1.807, 2.05) is 6.07 Å². The minimum Gasteiger partial charge on any atom is -0.493 e. The van der Waals surface area contributed by atoms with Gasteiger partial charge in [-0.15, -0.1) is 0 Å². The van der Waals surface area contributed by atoms with Gasteiger partial charge in [0.25, 0.3) is 5.91 Å². The molecule has 0 aliphatic heterocycles. The summed E-state index contributed by atoms with van der Waals surface area (Å²) in [6.45, 7) is 6.19. The molecule has 0 bridgehead atoms. The number of carbonyl (C=O) groups excluding carboxylic acids is 2. The van der Waals surface area contributed by atoms with E-state index in [2.05, 4.69) is 19.2 Å². The molecule has 140 valence electrons. The third kappa shape index (κ3) is 6.15. The van der Waals surface area contributed by atoms with Crippen LogP contribution < -0.4 is 10.1 Å². The zero-order valence-corrected chi connectivity index (χ0v) is 15.6. The lowest BCUT2D eigenvalue weighted by atomic mass is 10.2. The smallest absolute Gasteiger partial charge is 0.338 e. The molecule has 0 radical (unpaired) electrons. The van der Waals surface area contributed by atoms with Crippen molar-refractivity contribution < 1.29 is 19.1 Å². The molecule has 1 atom stereocenters. The number of nitriles is 1. The SMILES string of the molecule is CC(C)COc1ccc(C(=O)O[C@@H](C)C(=O)Nc2ccc(C#N)cc2)cc1. The number of anilines is 1. The van der Waals surface area contributed by atoms with E-state index in [0.717, 1.165) is 0 Å². The van der Waals surface area contributed by atoms with Crippen LogP contribution in [0.15, 0.2) is 48.5 Å². The van der Waals surface area contributed by atoms with Crippen LogP contribution in [0.3, 0.4) is 0 Å². The first kappa shape index (κ1) is 20.0. The Kier molecular flexibility index (Phi) is 6.95. The standard InChI is InChI=1S/C21H22N2O4/c1-14(2)13-26-19-10-6-17(7-11-19)21(25)27-15(3)20(24)23-18-8-4-16(12-22)5-9-18/h4-11,14-15H,13H2,1-3H3,(H,23,24)/t15-/m0/s1. The average Bonchev–Trinajstić information content (AvgIpc) is 2.67. The second kappa shape index (κ2) is 9.39. The molecule has 0 aliphatic rings. The van der Waals surface area contributed by atoms with Crippen LogP contribution in [-0.2, 0) is 9.53 Å². The molecule has 6 heteroatoms. The van der Waals surface area contributed by atoms with Crippen LogP contribution in [0, 0.1) is 17.2 Å².